The molecule has 0 unspecified atom stereocenters. The molecule has 0 bridgehead atoms. The highest BCUT2D eigenvalue weighted by molar-refractivity contribution is 6.30. The van der Waals surface area contributed by atoms with E-state index in [2.05, 4.69) is 20.5 Å². The molecule has 6 nitrogen and oxygen atoms in total. The number of carbonyl (C=O) groups excluding carboxylic acids is 1. The number of hydrogen-bond donors (Lipinski definition) is 2. The Kier molecular flexibility index (Phi) is 4.41. The highest BCUT2D eigenvalue weighted by Gasteiger charge is 2.12. The number of halogens is 1. The number of nitrogens with one attached hydrogen (secondary N) is 2. The quantitative estimate of drug-likeness (QED) is 0.562. The predicted molar refractivity (Wildman–Crippen MR) is 99.1 cm³/mol. The molecule has 2 heterocycles. The SMILES string of the molecule is O=C(NCCc1nc(-c2ccc(Cl)cc2)n[nH]1)c1cc2ccccc2o1. The number of para-hydroxylation sites is 1. The Morgan fingerprint density at radius 2 is 1.96 bits per heavy atom. The van der Waals surface area contributed by atoms with Crippen molar-refractivity contribution in [3.8, 4) is 11.4 Å². The number of furan rings is 1. The molecule has 0 atom stereocenters. The lowest BCUT2D eigenvalue weighted by Crippen LogP contribution is -2.25. The van der Waals surface area contributed by atoms with Crippen LogP contribution in [0.3, 0.4) is 0 Å². The third-order valence-corrected chi connectivity index (χ3v) is 4.18. The molecule has 0 aliphatic carbocycles. The smallest absolute Gasteiger partial charge is 0.287 e. The molecular formula is C19H15ClN4O2. The Morgan fingerprint density at radius 3 is 2.77 bits per heavy atom. The fraction of sp³-hybridized carbons (Fsp3) is 0.105. The number of aromatic amines is 1. The standard InChI is InChI=1S/C19H15ClN4O2/c20-14-7-5-12(6-8-14)18-22-17(23-24-18)9-10-21-19(25)16-11-13-3-1-2-4-15(13)26-16/h1-8,11H,9-10H2,(H,21,25)(H,22,23,24). The van der Waals surface area contributed by atoms with E-state index in [1.165, 1.54) is 0 Å². The van der Waals surface area contributed by atoms with E-state index in [0.717, 1.165) is 10.9 Å². The molecule has 0 saturated carbocycles. The molecule has 7 heteroatoms. The summed E-state index contributed by atoms with van der Waals surface area (Å²) in [5.41, 5.74) is 1.57. The maximum absolute atomic E-state index is 12.2. The van der Waals surface area contributed by atoms with Gasteiger partial charge in [0, 0.05) is 28.9 Å². The van der Waals surface area contributed by atoms with Gasteiger partial charge in [-0.1, -0.05) is 29.8 Å². The highest BCUT2D eigenvalue weighted by atomic mass is 35.5. The van der Waals surface area contributed by atoms with Gasteiger partial charge in [-0.15, -0.1) is 0 Å². The van der Waals surface area contributed by atoms with Crippen molar-refractivity contribution in [2.75, 3.05) is 6.54 Å². The van der Waals surface area contributed by atoms with Crippen LogP contribution in [0.15, 0.2) is 59.0 Å². The third-order valence-electron chi connectivity index (χ3n) is 3.93. The maximum Gasteiger partial charge on any atom is 0.287 e. The van der Waals surface area contributed by atoms with E-state index < -0.39 is 0 Å². The van der Waals surface area contributed by atoms with Crippen molar-refractivity contribution in [3.05, 3.63) is 71.2 Å². The molecule has 2 aromatic heterocycles. The van der Waals surface area contributed by atoms with Crippen LogP contribution in [-0.2, 0) is 6.42 Å². The lowest BCUT2D eigenvalue weighted by Gasteiger charge is -2.00. The van der Waals surface area contributed by atoms with E-state index in [9.17, 15) is 4.79 Å². The number of nitrogens with zero attached hydrogens (tertiary/aromatic N) is 2. The first kappa shape index (κ1) is 16.4. The average Bonchev–Trinajstić information content (AvgIpc) is 3.29. The van der Waals surface area contributed by atoms with Crippen molar-refractivity contribution >= 4 is 28.5 Å². The number of rotatable bonds is 5. The molecule has 0 aliphatic heterocycles. The van der Waals surface area contributed by atoms with Gasteiger partial charge in [0.1, 0.15) is 11.4 Å². The van der Waals surface area contributed by atoms with Gasteiger partial charge in [0.15, 0.2) is 11.6 Å². The summed E-state index contributed by atoms with van der Waals surface area (Å²) in [6.45, 7) is 0.422. The molecule has 2 aromatic carbocycles. The lowest BCUT2D eigenvalue weighted by molar-refractivity contribution is 0.0928. The number of aromatic nitrogens is 3. The molecule has 26 heavy (non-hydrogen) atoms. The number of benzene rings is 2. The van der Waals surface area contributed by atoms with Crippen molar-refractivity contribution in [2.45, 2.75) is 6.42 Å². The van der Waals surface area contributed by atoms with E-state index in [-0.39, 0.29) is 5.91 Å². The van der Waals surface area contributed by atoms with E-state index >= 15 is 0 Å². The summed E-state index contributed by atoms with van der Waals surface area (Å²) >= 11 is 5.88. The highest BCUT2D eigenvalue weighted by Crippen LogP contribution is 2.19. The average molecular weight is 367 g/mol. The van der Waals surface area contributed by atoms with Crippen LogP contribution in [0.4, 0.5) is 0 Å². The molecule has 0 fully saturated rings. The molecule has 2 N–H and O–H groups in total. The second-order valence-electron chi connectivity index (χ2n) is 5.77. The molecule has 4 aromatic rings. The summed E-state index contributed by atoms with van der Waals surface area (Å²) in [5, 5.41) is 11.5. The van der Waals surface area contributed by atoms with Crippen molar-refractivity contribution in [2.24, 2.45) is 0 Å². The zero-order valence-corrected chi connectivity index (χ0v) is 14.5. The summed E-state index contributed by atoms with van der Waals surface area (Å²) in [6, 6.07) is 16.6. The topological polar surface area (TPSA) is 83.8 Å². The summed E-state index contributed by atoms with van der Waals surface area (Å²) in [4.78, 5) is 16.6. The van der Waals surface area contributed by atoms with Crippen molar-refractivity contribution in [1.82, 2.24) is 20.5 Å². The number of amides is 1. The number of hydrogen-bond acceptors (Lipinski definition) is 4. The Labute approximate surface area is 154 Å². The van der Waals surface area contributed by atoms with Crippen molar-refractivity contribution in [3.63, 3.8) is 0 Å². The zero-order valence-electron chi connectivity index (χ0n) is 13.7. The molecule has 0 saturated heterocycles. The van der Waals surface area contributed by atoms with Gasteiger partial charge in [-0.05, 0) is 36.4 Å². The first-order chi connectivity index (χ1) is 12.7. The van der Waals surface area contributed by atoms with Crippen LogP contribution in [-0.4, -0.2) is 27.6 Å². The minimum Gasteiger partial charge on any atom is -0.451 e. The van der Waals surface area contributed by atoms with Gasteiger partial charge in [-0.25, -0.2) is 4.98 Å². The molecule has 4 rings (SSSR count). The molecule has 0 aliphatic rings. The van der Waals surface area contributed by atoms with E-state index in [1.807, 2.05) is 36.4 Å². The molecule has 1 amide bonds. The fourth-order valence-corrected chi connectivity index (χ4v) is 2.74. The van der Waals surface area contributed by atoms with Crippen LogP contribution < -0.4 is 5.32 Å². The van der Waals surface area contributed by atoms with Gasteiger partial charge in [-0.2, -0.15) is 5.10 Å². The normalized spacial score (nSPS) is 11.0. The molecule has 130 valence electrons. The number of carbonyl (C=O) groups is 1. The van der Waals surface area contributed by atoms with Gasteiger partial charge in [-0.3, -0.25) is 9.89 Å². The number of fused-ring (bicyclic) bond motifs is 1. The number of H-pyrrole nitrogens is 1. The van der Waals surface area contributed by atoms with Crippen LogP contribution in [0.1, 0.15) is 16.4 Å². The lowest BCUT2D eigenvalue weighted by atomic mass is 10.2. The Hall–Kier alpha value is -3.12. The summed E-state index contributed by atoms with van der Waals surface area (Å²) in [7, 11) is 0. The van der Waals surface area contributed by atoms with Gasteiger partial charge in [0.2, 0.25) is 0 Å². The van der Waals surface area contributed by atoms with Crippen LogP contribution in [0.2, 0.25) is 5.02 Å². The first-order valence-corrected chi connectivity index (χ1v) is 8.51. The van der Waals surface area contributed by atoms with Gasteiger partial charge in [0.25, 0.3) is 5.91 Å². The van der Waals surface area contributed by atoms with Crippen molar-refractivity contribution < 1.29 is 9.21 Å². The van der Waals surface area contributed by atoms with Gasteiger partial charge >= 0.3 is 0 Å². The minimum absolute atomic E-state index is 0.251. The second kappa shape index (κ2) is 7.01. The van der Waals surface area contributed by atoms with Crippen LogP contribution in [0.25, 0.3) is 22.4 Å². The minimum atomic E-state index is -0.251. The van der Waals surface area contributed by atoms with Gasteiger partial charge < -0.3 is 9.73 Å². The fourth-order valence-electron chi connectivity index (χ4n) is 2.61. The van der Waals surface area contributed by atoms with E-state index in [1.54, 1.807) is 18.2 Å². The Morgan fingerprint density at radius 1 is 1.15 bits per heavy atom. The monoisotopic (exact) mass is 366 g/mol. The molecular weight excluding hydrogens is 352 g/mol. The molecule has 0 radical (unpaired) electrons. The molecule has 0 spiro atoms. The second-order valence-corrected chi connectivity index (χ2v) is 6.20. The summed E-state index contributed by atoms with van der Waals surface area (Å²) < 4.78 is 5.55. The van der Waals surface area contributed by atoms with Crippen LogP contribution >= 0.6 is 11.6 Å². The Bertz CT molecular complexity index is 1020. The predicted octanol–water partition coefficient (Wildman–Crippen LogP) is 3.84. The van der Waals surface area contributed by atoms with E-state index in [0.29, 0.717) is 41.0 Å². The van der Waals surface area contributed by atoms with Crippen molar-refractivity contribution in [1.29, 1.82) is 0 Å². The van der Waals surface area contributed by atoms with E-state index in [4.69, 9.17) is 16.0 Å². The van der Waals surface area contributed by atoms with Gasteiger partial charge in [0.05, 0.1) is 0 Å². The first-order valence-electron chi connectivity index (χ1n) is 8.13. The maximum atomic E-state index is 12.2. The summed E-state index contributed by atoms with van der Waals surface area (Å²) in [6.07, 6.45) is 0.534. The summed E-state index contributed by atoms with van der Waals surface area (Å²) in [5.74, 6) is 1.34. The third kappa shape index (κ3) is 3.45. The Balaban J connectivity index is 1.36. The largest absolute Gasteiger partial charge is 0.451 e. The van der Waals surface area contributed by atoms with Crippen LogP contribution in [0.5, 0.6) is 0 Å². The zero-order chi connectivity index (χ0) is 17.9. The van der Waals surface area contributed by atoms with Crippen LogP contribution in [0, 0.1) is 0 Å².